The number of hydrogen-bond acceptors (Lipinski definition) is 4. The molecule has 0 amide bonds. The quantitative estimate of drug-likeness (QED) is 0.768. The first-order chi connectivity index (χ1) is 11.5. The molecule has 0 aliphatic heterocycles. The van der Waals surface area contributed by atoms with E-state index < -0.39 is 5.82 Å². The zero-order valence-electron chi connectivity index (χ0n) is 13.3. The van der Waals surface area contributed by atoms with Gasteiger partial charge in [-0.05, 0) is 19.1 Å². The molecule has 2 N–H and O–H groups in total. The van der Waals surface area contributed by atoms with Gasteiger partial charge in [0.2, 0.25) is 5.95 Å². The molecule has 1 heterocycles. The summed E-state index contributed by atoms with van der Waals surface area (Å²) < 4.78 is 18.6. The second kappa shape index (κ2) is 6.54. The first-order valence-corrected chi connectivity index (χ1v) is 7.34. The largest absolute Gasteiger partial charge is 0.494 e. The van der Waals surface area contributed by atoms with Crippen molar-refractivity contribution in [2.45, 2.75) is 6.92 Å². The minimum absolute atomic E-state index is 0.149. The maximum Gasteiger partial charge on any atom is 0.252 e. The number of aromatic amines is 1. The van der Waals surface area contributed by atoms with Crippen LogP contribution < -0.4 is 15.6 Å². The Labute approximate surface area is 138 Å². The summed E-state index contributed by atoms with van der Waals surface area (Å²) in [6, 6.07) is 13.5. The molecular weight excluding hydrogens is 309 g/mol. The van der Waals surface area contributed by atoms with Crippen LogP contribution in [0.25, 0.3) is 11.3 Å². The van der Waals surface area contributed by atoms with E-state index in [4.69, 9.17) is 4.74 Å². The van der Waals surface area contributed by atoms with Crippen molar-refractivity contribution in [3.63, 3.8) is 0 Å². The van der Waals surface area contributed by atoms with Crippen LogP contribution in [0.15, 0.2) is 53.3 Å². The molecule has 5 nitrogen and oxygen atoms in total. The first kappa shape index (κ1) is 15.7. The van der Waals surface area contributed by atoms with E-state index >= 15 is 0 Å². The normalized spacial score (nSPS) is 10.5. The van der Waals surface area contributed by atoms with Crippen molar-refractivity contribution in [1.29, 1.82) is 0 Å². The van der Waals surface area contributed by atoms with Crippen molar-refractivity contribution in [3.05, 3.63) is 70.3 Å². The molecule has 0 saturated carbocycles. The van der Waals surface area contributed by atoms with Crippen molar-refractivity contribution in [2.24, 2.45) is 0 Å². The Morgan fingerprint density at radius 3 is 2.54 bits per heavy atom. The highest BCUT2D eigenvalue weighted by Gasteiger charge is 2.07. The Balaban J connectivity index is 1.93. The molecule has 1 aromatic heterocycles. The lowest BCUT2D eigenvalue weighted by Crippen LogP contribution is -2.10. The molecule has 0 bridgehead atoms. The standard InChI is InChI=1S/C18H16FN3O2/c1-11-3-5-12(6-4-11)15-10-17(23)22-18(21-15)20-13-7-8-16(24-2)14(19)9-13/h3-10H,1-2H3,(H2,20,21,22,23). The molecule has 0 atom stereocenters. The van der Waals surface area contributed by atoms with Gasteiger partial charge in [0.1, 0.15) is 0 Å². The van der Waals surface area contributed by atoms with E-state index in [1.54, 1.807) is 6.07 Å². The number of aryl methyl sites for hydroxylation is 1. The summed E-state index contributed by atoms with van der Waals surface area (Å²) in [5.74, 6) is -0.113. The van der Waals surface area contributed by atoms with Crippen LogP contribution in [-0.2, 0) is 0 Å². The van der Waals surface area contributed by atoms with Crippen molar-refractivity contribution in [3.8, 4) is 17.0 Å². The molecule has 0 spiro atoms. The van der Waals surface area contributed by atoms with E-state index in [0.717, 1.165) is 11.1 Å². The lowest BCUT2D eigenvalue weighted by molar-refractivity contribution is 0.386. The van der Waals surface area contributed by atoms with Gasteiger partial charge in [0, 0.05) is 23.4 Å². The van der Waals surface area contributed by atoms with Gasteiger partial charge in [0.25, 0.3) is 5.56 Å². The van der Waals surface area contributed by atoms with Gasteiger partial charge in [0.05, 0.1) is 12.8 Å². The van der Waals surface area contributed by atoms with Gasteiger partial charge in [0.15, 0.2) is 11.6 Å². The highest BCUT2D eigenvalue weighted by atomic mass is 19.1. The number of ether oxygens (including phenoxy) is 1. The topological polar surface area (TPSA) is 67.0 Å². The molecule has 122 valence electrons. The molecule has 0 aliphatic rings. The molecule has 3 rings (SSSR count). The van der Waals surface area contributed by atoms with Gasteiger partial charge in [-0.15, -0.1) is 0 Å². The Kier molecular flexibility index (Phi) is 4.29. The second-order valence-corrected chi connectivity index (χ2v) is 5.32. The van der Waals surface area contributed by atoms with E-state index in [9.17, 15) is 9.18 Å². The van der Waals surface area contributed by atoms with E-state index in [-0.39, 0.29) is 17.3 Å². The molecule has 0 saturated heterocycles. The Morgan fingerprint density at radius 2 is 1.88 bits per heavy atom. The van der Waals surface area contributed by atoms with Crippen molar-refractivity contribution in [2.75, 3.05) is 12.4 Å². The summed E-state index contributed by atoms with van der Waals surface area (Å²) in [4.78, 5) is 18.9. The minimum atomic E-state index is -0.500. The number of nitrogens with zero attached hydrogens (tertiary/aromatic N) is 1. The SMILES string of the molecule is COc1ccc(Nc2nc(-c3ccc(C)cc3)cc(=O)[nH]2)cc1F. The number of hydrogen-bond donors (Lipinski definition) is 2. The van der Waals surface area contributed by atoms with Gasteiger partial charge >= 0.3 is 0 Å². The lowest BCUT2D eigenvalue weighted by atomic mass is 10.1. The number of anilines is 2. The van der Waals surface area contributed by atoms with Crippen molar-refractivity contribution >= 4 is 11.6 Å². The van der Waals surface area contributed by atoms with Crippen molar-refractivity contribution < 1.29 is 9.13 Å². The Morgan fingerprint density at radius 1 is 1.12 bits per heavy atom. The third-order valence-corrected chi connectivity index (χ3v) is 3.50. The van der Waals surface area contributed by atoms with Gasteiger partial charge in [-0.25, -0.2) is 9.37 Å². The van der Waals surface area contributed by atoms with Crippen LogP contribution in [0, 0.1) is 12.7 Å². The summed E-state index contributed by atoms with van der Waals surface area (Å²) in [6.07, 6.45) is 0. The molecule has 3 aromatic rings. The number of H-pyrrole nitrogens is 1. The summed E-state index contributed by atoms with van der Waals surface area (Å²) in [7, 11) is 1.40. The zero-order chi connectivity index (χ0) is 17.1. The van der Waals surface area contributed by atoms with Crippen LogP contribution in [0.1, 0.15) is 5.56 Å². The monoisotopic (exact) mass is 325 g/mol. The van der Waals surface area contributed by atoms with Gasteiger partial charge in [-0.3, -0.25) is 9.78 Å². The highest BCUT2D eigenvalue weighted by Crippen LogP contribution is 2.23. The predicted octanol–water partition coefficient (Wildman–Crippen LogP) is 3.64. The fraction of sp³-hybridized carbons (Fsp3) is 0.111. The molecule has 2 aromatic carbocycles. The van der Waals surface area contributed by atoms with Gasteiger partial charge in [-0.2, -0.15) is 0 Å². The average Bonchev–Trinajstić information content (AvgIpc) is 2.55. The fourth-order valence-electron chi connectivity index (χ4n) is 2.27. The molecule has 0 fully saturated rings. The van der Waals surface area contributed by atoms with Crippen LogP contribution in [0.3, 0.4) is 0 Å². The molecule has 24 heavy (non-hydrogen) atoms. The summed E-state index contributed by atoms with van der Waals surface area (Å²) >= 11 is 0. The number of aromatic nitrogens is 2. The first-order valence-electron chi connectivity index (χ1n) is 7.34. The molecule has 0 unspecified atom stereocenters. The molecule has 6 heteroatoms. The van der Waals surface area contributed by atoms with Crippen LogP contribution in [0.4, 0.5) is 16.0 Å². The van der Waals surface area contributed by atoms with E-state index in [0.29, 0.717) is 11.4 Å². The zero-order valence-corrected chi connectivity index (χ0v) is 13.3. The smallest absolute Gasteiger partial charge is 0.252 e. The second-order valence-electron chi connectivity index (χ2n) is 5.32. The third-order valence-electron chi connectivity index (χ3n) is 3.50. The maximum atomic E-state index is 13.8. The Bertz CT molecular complexity index is 920. The number of methoxy groups -OCH3 is 1. The molecular formula is C18H16FN3O2. The third kappa shape index (κ3) is 3.43. The number of rotatable bonds is 4. The predicted molar refractivity (Wildman–Crippen MR) is 91.3 cm³/mol. The maximum absolute atomic E-state index is 13.8. The molecule has 0 aliphatic carbocycles. The summed E-state index contributed by atoms with van der Waals surface area (Å²) in [5, 5.41) is 2.90. The molecule has 0 radical (unpaired) electrons. The number of halogens is 1. The van der Waals surface area contributed by atoms with Gasteiger partial charge < -0.3 is 10.1 Å². The van der Waals surface area contributed by atoms with E-state index in [1.165, 1.54) is 25.3 Å². The fourth-order valence-corrected chi connectivity index (χ4v) is 2.27. The van der Waals surface area contributed by atoms with Crippen LogP contribution in [0.5, 0.6) is 5.75 Å². The number of nitrogens with one attached hydrogen (secondary N) is 2. The highest BCUT2D eigenvalue weighted by molar-refractivity contribution is 5.62. The Hall–Kier alpha value is -3.15. The van der Waals surface area contributed by atoms with Crippen LogP contribution >= 0.6 is 0 Å². The minimum Gasteiger partial charge on any atom is -0.494 e. The van der Waals surface area contributed by atoms with Crippen LogP contribution in [0.2, 0.25) is 0 Å². The summed E-state index contributed by atoms with van der Waals surface area (Å²) in [5.41, 5.74) is 2.65. The summed E-state index contributed by atoms with van der Waals surface area (Å²) in [6.45, 7) is 1.99. The lowest BCUT2D eigenvalue weighted by Gasteiger charge is -2.09. The van der Waals surface area contributed by atoms with E-state index in [2.05, 4.69) is 15.3 Å². The average molecular weight is 325 g/mol. The van der Waals surface area contributed by atoms with Crippen LogP contribution in [-0.4, -0.2) is 17.1 Å². The van der Waals surface area contributed by atoms with E-state index in [1.807, 2.05) is 31.2 Å². The van der Waals surface area contributed by atoms with Gasteiger partial charge in [-0.1, -0.05) is 29.8 Å². The van der Waals surface area contributed by atoms with Crippen molar-refractivity contribution in [1.82, 2.24) is 9.97 Å². The number of benzene rings is 2.